The average molecular weight is 845 g/mol. The molecule has 1 amide bonds. The van der Waals surface area contributed by atoms with Gasteiger partial charge in [-0.25, -0.2) is 4.98 Å². The smallest absolute Gasteiger partial charge is 0.318 e. The summed E-state index contributed by atoms with van der Waals surface area (Å²) < 4.78 is 42.0. The first kappa shape index (κ1) is 41.5. The zero-order chi connectivity index (χ0) is 42.2. The normalized spacial score (nSPS) is 22.5. The Hall–Kier alpha value is -6.23. The molecule has 0 aliphatic carbocycles. The fourth-order valence-electron chi connectivity index (χ4n) is 7.70. The summed E-state index contributed by atoms with van der Waals surface area (Å²) in [5.74, 6) is -1.32. The van der Waals surface area contributed by atoms with Crippen molar-refractivity contribution >= 4 is 40.6 Å². The van der Waals surface area contributed by atoms with Crippen molar-refractivity contribution < 1.29 is 38.0 Å². The number of nitrogens with one attached hydrogen (secondary N) is 1. The molecule has 8 rings (SSSR count). The number of hydrogen-bond donors (Lipinski definition) is 1. The second-order valence-electron chi connectivity index (χ2n) is 14.5. The Bertz CT molecular complexity index is 2480. The van der Waals surface area contributed by atoms with E-state index in [1.54, 1.807) is 4.57 Å². The van der Waals surface area contributed by atoms with Crippen LogP contribution in [0.15, 0.2) is 133 Å². The molecule has 2 fully saturated rings. The Morgan fingerprint density at radius 1 is 0.869 bits per heavy atom. The molecule has 2 aromatic heterocycles. The van der Waals surface area contributed by atoms with Gasteiger partial charge in [0.2, 0.25) is 11.9 Å². The predicted octanol–water partition coefficient (Wildman–Crippen LogP) is 7.28. The monoisotopic (exact) mass is 844 g/mol. The highest BCUT2D eigenvalue weighted by Gasteiger charge is 2.69. The summed E-state index contributed by atoms with van der Waals surface area (Å²) in [4.78, 5) is 42.6. The van der Waals surface area contributed by atoms with Crippen LogP contribution in [-0.2, 0) is 64.4 Å². The molecule has 0 radical (unpaired) electrons. The van der Waals surface area contributed by atoms with Crippen LogP contribution in [0.4, 0.5) is 5.95 Å². The van der Waals surface area contributed by atoms with Gasteiger partial charge in [-0.1, -0.05) is 138 Å². The Morgan fingerprint density at radius 3 is 2.03 bits per heavy atom. The maximum absolute atomic E-state index is 14.4. The van der Waals surface area contributed by atoms with Crippen LogP contribution >= 0.6 is 11.6 Å². The lowest BCUT2D eigenvalue weighted by molar-refractivity contribution is -0.316. The molecule has 61 heavy (non-hydrogen) atoms. The van der Waals surface area contributed by atoms with E-state index in [1.807, 2.05) is 121 Å². The summed E-state index contributed by atoms with van der Waals surface area (Å²) in [6.07, 6.45) is -4.30. The summed E-state index contributed by atoms with van der Waals surface area (Å²) in [5, 5.41) is 6.51. The predicted molar refractivity (Wildman–Crippen MR) is 221 cm³/mol. The van der Waals surface area contributed by atoms with Gasteiger partial charge in [-0.3, -0.25) is 19.5 Å². The van der Waals surface area contributed by atoms with Gasteiger partial charge < -0.3 is 28.4 Å². The molecule has 16 nitrogen and oxygen atoms in total. The fourth-order valence-corrected chi connectivity index (χ4v) is 7.96. The van der Waals surface area contributed by atoms with E-state index in [0.717, 1.165) is 16.7 Å². The molecule has 4 heterocycles. The van der Waals surface area contributed by atoms with Gasteiger partial charge in [-0.2, -0.15) is 9.97 Å². The zero-order valence-electron chi connectivity index (χ0n) is 32.9. The van der Waals surface area contributed by atoms with E-state index >= 15 is 0 Å². The van der Waals surface area contributed by atoms with Crippen molar-refractivity contribution in [2.75, 3.05) is 11.9 Å². The van der Waals surface area contributed by atoms with Gasteiger partial charge in [0, 0.05) is 11.8 Å². The minimum atomic E-state index is -1.63. The number of azide groups is 1. The molecular formula is C44H41ClN8O8. The van der Waals surface area contributed by atoms with Crippen molar-refractivity contribution in [2.45, 2.75) is 75.6 Å². The van der Waals surface area contributed by atoms with Crippen molar-refractivity contribution in [3.8, 4) is 0 Å². The van der Waals surface area contributed by atoms with Gasteiger partial charge in [-0.05, 0) is 27.8 Å². The minimum absolute atomic E-state index is 0.00174. The van der Waals surface area contributed by atoms with Crippen LogP contribution in [0.5, 0.6) is 0 Å². The lowest BCUT2D eigenvalue weighted by Gasteiger charge is -2.53. The number of fused-ring (bicyclic) bond motifs is 2. The highest BCUT2D eigenvalue weighted by molar-refractivity contribution is 6.33. The lowest BCUT2D eigenvalue weighted by atomic mass is 9.78. The Morgan fingerprint density at radius 2 is 1.44 bits per heavy atom. The maximum Gasteiger partial charge on any atom is 0.318 e. The van der Waals surface area contributed by atoms with Crippen LogP contribution < -0.4 is 5.32 Å². The summed E-state index contributed by atoms with van der Waals surface area (Å²) in [6, 6.07) is 36.1. The molecule has 0 bridgehead atoms. The van der Waals surface area contributed by atoms with Crippen LogP contribution in [-0.4, -0.2) is 74.1 Å². The molecule has 2 unspecified atom stereocenters. The number of rotatable bonds is 16. The number of benzene rings is 4. The summed E-state index contributed by atoms with van der Waals surface area (Å²) in [7, 11) is 0. The van der Waals surface area contributed by atoms with Crippen molar-refractivity contribution in [1.29, 1.82) is 0 Å². The molecule has 0 spiro atoms. The van der Waals surface area contributed by atoms with E-state index in [9.17, 15) is 15.1 Å². The molecule has 312 valence electrons. The number of esters is 1. The quantitative estimate of drug-likeness (QED) is 0.0338. The molecule has 2 aliphatic rings. The molecule has 17 heteroatoms. The second kappa shape index (κ2) is 19.0. The highest BCUT2D eigenvalue weighted by Crippen LogP contribution is 2.50. The maximum atomic E-state index is 14.4. The Kier molecular flexibility index (Phi) is 12.9. The first-order valence-corrected chi connectivity index (χ1v) is 19.9. The zero-order valence-corrected chi connectivity index (χ0v) is 33.7. The van der Waals surface area contributed by atoms with Gasteiger partial charge in [-0.15, -0.1) is 0 Å². The second-order valence-corrected chi connectivity index (χ2v) is 14.8. The van der Waals surface area contributed by atoms with Crippen molar-refractivity contribution in [3.05, 3.63) is 166 Å². The topological polar surface area (TPSA) is 194 Å². The largest absolute Gasteiger partial charge is 0.460 e. The van der Waals surface area contributed by atoms with E-state index < -0.39 is 54.2 Å². The Labute approximate surface area is 355 Å². The molecule has 2 saturated heterocycles. The number of hydrogen-bond acceptors (Lipinski definition) is 12. The number of imidazole rings is 1. The van der Waals surface area contributed by atoms with Gasteiger partial charge in [0.25, 0.3) is 0 Å². The number of amides is 1. The summed E-state index contributed by atoms with van der Waals surface area (Å²) in [6.45, 7) is 1.46. The number of carbonyl (C=O) groups excluding carboxylic acids is 2. The number of aromatic nitrogens is 4. The number of halogens is 1. The number of carbonyl (C=O) groups is 2. The molecule has 7 atom stereocenters. The number of anilines is 1. The minimum Gasteiger partial charge on any atom is -0.460 e. The molecule has 2 aliphatic heterocycles. The van der Waals surface area contributed by atoms with Gasteiger partial charge in [0.05, 0.1) is 32.8 Å². The lowest BCUT2D eigenvalue weighted by Crippen LogP contribution is -2.71. The molecule has 4 aromatic carbocycles. The highest BCUT2D eigenvalue weighted by atomic mass is 35.5. The van der Waals surface area contributed by atoms with E-state index in [0.29, 0.717) is 5.56 Å². The molecule has 6 aromatic rings. The van der Waals surface area contributed by atoms with E-state index in [1.165, 1.54) is 13.3 Å². The standard InChI is InChI=1S/C44H41ClN8O8/c1-28(54)48-43-49-39(45)35-40(50-43)47-27-53(35)41-38-44(60-25-32-20-12-5-13-21-32,33(26-58-38)56-22-29-14-6-2-7-15-29)37(57-23-30-16-8-3-9-17-30)36(61-41)34(51-52-46)42(55)59-24-31-18-10-4-11-19-31/h2-21,27,33-34,36-38,41H,22-26H2,1H3,(H,48,49,50,54)/t33-,34?,36+,37+,38?,41+,44-/m0/s1. The first-order valence-electron chi connectivity index (χ1n) is 19.5. The molecular weight excluding hydrogens is 804 g/mol. The third kappa shape index (κ3) is 9.11. The fraction of sp³-hybridized carbons (Fsp3) is 0.295. The van der Waals surface area contributed by atoms with E-state index in [2.05, 4.69) is 30.3 Å². The average Bonchev–Trinajstić information content (AvgIpc) is 3.89. The van der Waals surface area contributed by atoms with Gasteiger partial charge in [0.1, 0.15) is 36.5 Å². The third-order valence-corrected chi connectivity index (χ3v) is 10.7. The SMILES string of the molecule is CC(=O)Nc1nc(Cl)c2c(ncn2[C@@H]2O[C@H](C(N=[N+]=[N-])C(=O)OCc3ccccc3)[C@@H](OCc3ccccc3)[C@]3(OCc4ccccc4)C2OC[C@@H]3OCc2ccccc2)n1. The van der Waals surface area contributed by atoms with Crippen molar-refractivity contribution in [2.24, 2.45) is 5.11 Å². The summed E-state index contributed by atoms with van der Waals surface area (Å²) in [5.41, 5.74) is 12.1. The van der Waals surface area contributed by atoms with Crippen molar-refractivity contribution in [3.63, 3.8) is 0 Å². The number of nitrogens with zero attached hydrogens (tertiary/aromatic N) is 7. The first-order chi connectivity index (χ1) is 29.8. The van der Waals surface area contributed by atoms with Crippen LogP contribution in [0.3, 0.4) is 0 Å². The van der Waals surface area contributed by atoms with Gasteiger partial charge in [0.15, 0.2) is 28.7 Å². The van der Waals surface area contributed by atoms with Crippen LogP contribution in [0.1, 0.15) is 35.4 Å². The van der Waals surface area contributed by atoms with E-state index in [4.69, 9.17) is 40.0 Å². The number of ether oxygens (including phenoxy) is 6. The van der Waals surface area contributed by atoms with Crippen LogP contribution in [0.2, 0.25) is 5.15 Å². The molecule has 0 saturated carbocycles. The van der Waals surface area contributed by atoms with Crippen LogP contribution in [0, 0.1) is 0 Å². The van der Waals surface area contributed by atoms with Crippen LogP contribution in [0.25, 0.3) is 21.6 Å². The van der Waals surface area contributed by atoms with Gasteiger partial charge >= 0.3 is 5.97 Å². The summed E-state index contributed by atoms with van der Waals surface area (Å²) >= 11 is 6.84. The Balaban J connectivity index is 1.29. The third-order valence-electron chi connectivity index (χ3n) is 10.5. The van der Waals surface area contributed by atoms with Crippen molar-refractivity contribution in [1.82, 2.24) is 19.5 Å². The van der Waals surface area contributed by atoms with E-state index in [-0.39, 0.29) is 55.3 Å². The molecule has 1 N–H and O–H groups in total.